The number of ketones is 1. The first-order chi connectivity index (χ1) is 9.90. The molecule has 0 aliphatic carbocycles. The van der Waals surface area contributed by atoms with E-state index in [2.05, 4.69) is 36.9 Å². The Kier molecular flexibility index (Phi) is 5.19. The van der Waals surface area contributed by atoms with Gasteiger partial charge in [0.15, 0.2) is 5.78 Å². The number of hydrogen-bond donors (Lipinski definition) is 1. The number of benzene rings is 2. The van der Waals surface area contributed by atoms with Crippen LogP contribution in [0.1, 0.15) is 22.8 Å². The van der Waals surface area contributed by atoms with Crippen molar-refractivity contribution in [3.63, 3.8) is 0 Å². The van der Waals surface area contributed by atoms with Crippen molar-refractivity contribution in [1.82, 2.24) is 0 Å². The van der Waals surface area contributed by atoms with Crippen molar-refractivity contribution in [3.8, 4) is 5.75 Å². The Hall–Kier alpha value is -1.17. The van der Waals surface area contributed by atoms with Crippen LogP contribution in [0.4, 0.5) is 5.69 Å². The molecule has 2 aromatic carbocycles. The Bertz CT molecular complexity index is 745. The molecule has 0 spiro atoms. The molecule has 0 unspecified atom stereocenters. The molecule has 0 bridgehead atoms. The van der Waals surface area contributed by atoms with Gasteiger partial charge in [-0.25, -0.2) is 0 Å². The smallest absolute Gasteiger partial charge is 0.159 e. The Balaban J connectivity index is 2.40. The zero-order valence-electron chi connectivity index (χ0n) is 10.9. The number of aromatic hydroxyl groups is 1. The van der Waals surface area contributed by atoms with Crippen molar-refractivity contribution in [2.24, 2.45) is 4.99 Å². The highest BCUT2D eigenvalue weighted by atomic mass is 79.9. The third-order valence-electron chi connectivity index (χ3n) is 2.80. The van der Waals surface area contributed by atoms with Crippen LogP contribution < -0.4 is 0 Å². The van der Waals surface area contributed by atoms with Gasteiger partial charge in [0.05, 0.1) is 15.2 Å². The third kappa shape index (κ3) is 3.73. The lowest BCUT2D eigenvalue weighted by Gasteiger charge is -2.04. The Morgan fingerprint density at radius 3 is 2.67 bits per heavy atom. The first-order valence-corrected chi connectivity index (χ1v) is 7.88. The Morgan fingerprint density at radius 2 is 2.00 bits per heavy atom. The molecule has 0 heterocycles. The monoisotopic (exact) mass is 429 g/mol. The van der Waals surface area contributed by atoms with Crippen LogP contribution >= 0.6 is 43.5 Å². The number of hydrogen-bond acceptors (Lipinski definition) is 3. The molecule has 2 aromatic rings. The van der Waals surface area contributed by atoms with E-state index in [4.69, 9.17) is 11.6 Å². The number of aliphatic imine (C=N–C) groups is 1. The molecule has 0 saturated carbocycles. The van der Waals surface area contributed by atoms with Gasteiger partial charge in [-0.15, -0.1) is 0 Å². The van der Waals surface area contributed by atoms with Gasteiger partial charge in [-0.3, -0.25) is 9.79 Å². The van der Waals surface area contributed by atoms with Crippen LogP contribution in [-0.4, -0.2) is 17.1 Å². The quantitative estimate of drug-likeness (QED) is 0.514. The van der Waals surface area contributed by atoms with Crippen LogP contribution in [0.25, 0.3) is 0 Å². The van der Waals surface area contributed by atoms with Crippen LogP contribution in [0.2, 0.25) is 5.02 Å². The molecular formula is C15H10Br2ClNO2. The van der Waals surface area contributed by atoms with Crippen molar-refractivity contribution < 1.29 is 9.90 Å². The normalized spacial score (nSPS) is 11.0. The van der Waals surface area contributed by atoms with Crippen LogP contribution in [0.5, 0.6) is 5.75 Å². The summed E-state index contributed by atoms with van der Waals surface area (Å²) in [4.78, 5) is 15.6. The van der Waals surface area contributed by atoms with E-state index in [9.17, 15) is 9.90 Å². The van der Waals surface area contributed by atoms with Crippen molar-refractivity contribution in [1.29, 1.82) is 0 Å². The molecule has 0 aliphatic rings. The molecule has 21 heavy (non-hydrogen) atoms. The molecule has 0 atom stereocenters. The molecule has 1 N–H and O–H groups in total. The van der Waals surface area contributed by atoms with E-state index >= 15 is 0 Å². The van der Waals surface area contributed by atoms with Crippen LogP contribution in [0, 0.1) is 0 Å². The van der Waals surface area contributed by atoms with E-state index in [1.807, 2.05) is 0 Å². The van der Waals surface area contributed by atoms with Crippen molar-refractivity contribution >= 4 is 61.1 Å². The number of phenolic OH excluding ortho intramolecular Hbond substituents is 1. The topological polar surface area (TPSA) is 49.7 Å². The highest BCUT2D eigenvalue weighted by molar-refractivity contribution is 9.13. The summed E-state index contributed by atoms with van der Waals surface area (Å²) in [7, 11) is 0. The number of halogens is 3. The average molecular weight is 432 g/mol. The van der Waals surface area contributed by atoms with Gasteiger partial charge >= 0.3 is 0 Å². The number of phenols is 1. The fourth-order valence-electron chi connectivity index (χ4n) is 1.63. The Morgan fingerprint density at radius 1 is 1.29 bits per heavy atom. The molecule has 0 aromatic heterocycles. The fourth-order valence-corrected chi connectivity index (χ4v) is 2.48. The summed E-state index contributed by atoms with van der Waals surface area (Å²) in [5, 5.41) is 10.5. The third-order valence-corrected chi connectivity index (χ3v) is 5.11. The molecule has 6 heteroatoms. The van der Waals surface area contributed by atoms with Gasteiger partial charge in [-0.05, 0) is 69.1 Å². The standard InChI is InChI=1S/C15H10Br2ClNO2/c1-8(20)9-3-5-12(18)13(6-9)19-7-10-2-4-11(16)14(17)15(10)21/h2-7,21H,1H3. The SMILES string of the molecule is CC(=O)c1ccc(Cl)c(N=Cc2ccc(Br)c(Br)c2O)c1. The van der Waals surface area contributed by atoms with Gasteiger partial charge in [0.25, 0.3) is 0 Å². The summed E-state index contributed by atoms with van der Waals surface area (Å²) in [6, 6.07) is 8.40. The largest absolute Gasteiger partial charge is 0.506 e. The second-order valence-electron chi connectivity index (χ2n) is 4.28. The van der Waals surface area contributed by atoms with Crippen LogP contribution in [0.15, 0.2) is 44.3 Å². The number of carbonyl (C=O) groups excluding carboxylic acids is 1. The molecule has 0 radical (unpaired) electrons. The first kappa shape index (κ1) is 16.2. The second kappa shape index (κ2) is 6.73. The molecule has 108 valence electrons. The van der Waals surface area contributed by atoms with Gasteiger partial charge in [-0.2, -0.15) is 0 Å². The minimum Gasteiger partial charge on any atom is -0.506 e. The number of rotatable bonds is 3. The summed E-state index contributed by atoms with van der Waals surface area (Å²) in [5.41, 5.74) is 1.55. The zero-order chi connectivity index (χ0) is 15.6. The van der Waals surface area contributed by atoms with E-state index in [0.29, 0.717) is 26.3 Å². The van der Waals surface area contributed by atoms with Gasteiger partial charge in [0.1, 0.15) is 5.75 Å². The lowest BCUT2D eigenvalue weighted by atomic mass is 10.1. The highest BCUT2D eigenvalue weighted by Crippen LogP contribution is 2.34. The number of carbonyl (C=O) groups is 1. The minimum atomic E-state index is -0.0580. The molecular weight excluding hydrogens is 421 g/mol. The maximum atomic E-state index is 11.4. The maximum Gasteiger partial charge on any atom is 0.159 e. The Labute approximate surface area is 143 Å². The number of Topliss-reactive ketones (excluding diaryl/α,β-unsaturated/α-hetero) is 1. The van der Waals surface area contributed by atoms with Gasteiger partial charge < -0.3 is 5.11 Å². The van der Waals surface area contributed by atoms with E-state index in [-0.39, 0.29) is 11.5 Å². The molecule has 0 saturated heterocycles. The second-order valence-corrected chi connectivity index (χ2v) is 6.33. The lowest BCUT2D eigenvalue weighted by molar-refractivity contribution is 0.101. The molecule has 2 rings (SSSR count). The fraction of sp³-hybridized carbons (Fsp3) is 0.0667. The molecule has 3 nitrogen and oxygen atoms in total. The summed E-state index contributed by atoms with van der Waals surface area (Å²) >= 11 is 12.6. The van der Waals surface area contributed by atoms with Crippen LogP contribution in [0.3, 0.4) is 0 Å². The van der Waals surface area contributed by atoms with Gasteiger partial charge in [0, 0.05) is 21.8 Å². The minimum absolute atomic E-state index is 0.0580. The average Bonchev–Trinajstić information content (AvgIpc) is 2.45. The van der Waals surface area contributed by atoms with Gasteiger partial charge in [0.2, 0.25) is 0 Å². The van der Waals surface area contributed by atoms with Crippen molar-refractivity contribution in [2.45, 2.75) is 6.92 Å². The molecule has 0 aliphatic heterocycles. The maximum absolute atomic E-state index is 11.4. The van der Waals surface area contributed by atoms with Crippen molar-refractivity contribution in [3.05, 3.63) is 55.4 Å². The van der Waals surface area contributed by atoms with Crippen LogP contribution in [-0.2, 0) is 0 Å². The summed E-state index contributed by atoms with van der Waals surface area (Å²) in [6.07, 6.45) is 1.50. The van der Waals surface area contributed by atoms with Crippen molar-refractivity contribution in [2.75, 3.05) is 0 Å². The lowest BCUT2D eigenvalue weighted by Crippen LogP contribution is -1.91. The predicted molar refractivity (Wildman–Crippen MR) is 92.2 cm³/mol. The van der Waals surface area contributed by atoms with E-state index in [1.54, 1.807) is 30.3 Å². The summed E-state index contributed by atoms with van der Waals surface area (Å²) < 4.78 is 1.30. The van der Waals surface area contributed by atoms with E-state index < -0.39 is 0 Å². The zero-order valence-corrected chi connectivity index (χ0v) is 14.8. The predicted octanol–water partition coefficient (Wildman–Crippen LogP) is 5.52. The summed E-state index contributed by atoms with van der Waals surface area (Å²) in [6.45, 7) is 1.48. The van der Waals surface area contributed by atoms with Gasteiger partial charge in [-0.1, -0.05) is 11.6 Å². The van der Waals surface area contributed by atoms with E-state index in [0.717, 1.165) is 4.47 Å². The molecule has 0 amide bonds. The first-order valence-electron chi connectivity index (χ1n) is 5.91. The van der Waals surface area contributed by atoms with E-state index in [1.165, 1.54) is 13.1 Å². The highest BCUT2D eigenvalue weighted by Gasteiger charge is 2.08. The summed E-state index contributed by atoms with van der Waals surface area (Å²) in [5.74, 6) is 0.0179. The molecule has 0 fully saturated rings. The number of nitrogens with zero attached hydrogens (tertiary/aromatic N) is 1.